The molecule has 0 radical (unpaired) electrons. The van der Waals surface area contributed by atoms with Gasteiger partial charge in [0.15, 0.2) is 0 Å². The Morgan fingerprint density at radius 2 is 1.50 bits per heavy atom. The number of hydrogen-bond acceptors (Lipinski definition) is 1. The van der Waals surface area contributed by atoms with Crippen molar-refractivity contribution in [1.29, 1.82) is 0 Å². The van der Waals surface area contributed by atoms with Crippen LogP contribution in [0.2, 0.25) is 0 Å². The van der Waals surface area contributed by atoms with Crippen molar-refractivity contribution in [3.63, 3.8) is 0 Å². The Kier molecular flexibility index (Phi) is 4.41. The van der Waals surface area contributed by atoms with E-state index in [1.807, 2.05) is 7.05 Å². The predicted molar refractivity (Wildman–Crippen MR) is 93.1 cm³/mol. The Hall–Kier alpha value is -0.870. The van der Waals surface area contributed by atoms with E-state index in [2.05, 4.69) is 76.4 Å². The Bertz CT molecular complexity index is 555. The Morgan fingerprint density at radius 3 is 1.95 bits per heavy atom. The molecule has 2 heteroatoms. The second-order valence-electron chi connectivity index (χ2n) is 5.57. The van der Waals surface area contributed by atoms with Crippen LogP contribution in [0.1, 0.15) is 47.9 Å². The molecule has 0 spiro atoms. The van der Waals surface area contributed by atoms with Crippen molar-refractivity contribution in [2.45, 2.75) is 31.2 Å². The van der Waals surface area contributed by atoms with E-state index in [0.29, 0.717) is 0 Å². The summed E-state index contributed by atoms with van der Waals surface area (Å²) in [6, 6.07) is 18.2. The van der Waals surface area contributed by atoms with E-state index in [-0.39, 0.29) is 6.04 Å². The third-order valence-electron chi connectivity index (χ3n) is 4.34. The molecule has 2 aromatic carbocycles. The van der Waals surface area contributed by atoms with Crippen molar-refractivity contribution in [2.24, 2.45) is 0 Å². The summed E-state index contributed by atoms with van der Waals surface area (Å²) < 4.78 is 1.28. The Labute approximate surface area is 134 Å². The van der Waals surface area contributed by atoms with Gasteiger partial charge in [0.1, 0.15) is 0 Å². The van der Waals surface area contributed by atoms with Gasteiger partial charge in [0.2, 0.25) is 0 Å². The molecule has 1 unspecified atom stereocenters. The molecule has 0 bridgehead atoms. The standard InChI is InChI=1S/C18H20IN/c1-20-18(16-9-11-17(19)12-10-16)15-7-5-14(6-8-15)13-3-2-4-13/h5-13,18,20H,2-4H2,1H3. The first kappa shape index (κ1) is 14.1. The molecule has 2 aromatic rings. The third-order valence-corrected chi connectivity index (χ3v) is 5.06. The lowest BCUT2D eigenvalue weighted by Crippen LogP contribution is -2.18. The quantitative estimate of drug-likeness (QED) is 0.750. The van der Waals surface area contributed by atoms with Crippen LogP contribution in [-0.4, -0.2) is 7.05 Å². The molecule has 104 valence electrons. The second-order valence-corrected chi connectivity index (χ2v) is 6.81. The van der Waals surface area contributed by atoms with E-state index in [1.165, 1.54) is 39.5 Å². The highest BCUT2D eigenvalue weighted by atomic mass is 127. The molecule has 1 atom stereocenters. The largest absolute Gasteiger partial charge is 0.309 e. The van der Waals surface area contributed by atoms with E-state index in [1.54, 1.807) is 0 Å². The molecule has 1 N–H and O–H groups in total. The summed E-state index contributed by atoms with van der Waals surface area (Å²) in [5.41, 5.74) is 4.18. The van der Waals surface area contributed by atoms with Crippen LogP contribution in [0.5, 0.6) is 0 Å². The lowest BCUT2D eigenvalue weighted by atomic mass is 9.79. The van der Waals surface area contributed by atoms with Crippen molar-refractivity contribution >= 4 is 22.6 Å². The van der Waals surface area contributed by atoms with Crippen molar-refractivity contribution in [2.75, 3.05) is 7.05 Å². The van der Waals surface area contributed by atoms with Crippen molar-refractivity contribution in [3.8, 4) is 0 Å². The fraction of sp³-hybridized carbons (Fsp3) is 0.333. The molecule has 1 nitrogen and oxygen atoms in total. The normalized spacial score (nSPS) is 16.7. The zero-order chi connectivity index (χ0) is 13.9. The number of benzene rings is 2. The molecular weight excluding hydrogens is 357 g/mol. The minimum Gasteiger partial charge on any atom is -0.309 e. The van der Waals surface area contributed by atoms with Crippen molar-refractivity contribution < 1.29 is 0 Å². The van der Waals surface area contributed by atoms with Gasteiger partial charge >= 0.3 is 0 Å². The summed E-state index contributed by atoms with van der Waals surface area (Å²) in [4.78, 5) is 0. The monoisotopic (exact) mass is 377 g/mol. The summed E-state index contributed by atoms with van der Waals surface area (Å²) in [5.74, 6) is 0.815. The molecule has 1 aliphatic carbocycles. The van der Waals surface area contributed by atoms with Gasteiger partial charge in [-0.3, -0.25) is 0 Å². The van der Waals surface area contributed by atoms with E-state index >= 15 is 0 Å². The number of rotatable bonds is 4. The maximum atomic E-state index is 3.43. The summed E-state index contributed by atoms with van der Waals surface area (Å²) in [7, 11) is 2.03. The minimum absolute atomic E-state index is 0.280. The fourth-order valence-corrected chi connectivity index (χ4v) is 3.24. The lowest BCUT2D eigenvalue weighted by Gasteiger charge is -2.26. The van der Waals surface area contributed by atoms with Gasteiger partial charge in [-0.15, -0.1) is 0 Å². The first-order valence-electron chi connectivity index (χ1n) is 7.30. The SMILES string of the molecule is CNC(c1ccc(I)cc1)c1ccc(C2CCC2)cc1. The van der Waals surface area contributed by atoms with Gasteiger partial charge in [-0.2, -0.15) is 0 Å². The highest BCUT2D eigenvalue weighted by Crippen LogP contribution is 2.36. The van der Waals surface area contributed by atoms with Crippen LogP contribution >= 0.6 is 22.6 Å². The van der Waals surface area contributed by atoms with Crippen LogP contribution < -0.4 is 5.32 Å². The number of halogens is 1. The summed E-state index contributed by atoms with van der Waals surface area (Å²) in [6.07, 6.45) is 4.13. The highest BCUT2D eigenvalue weighted by molar-refractivity contribution is 14.1. The third kappa shape index (κ3) is 2.91. The van der Waals surface area contributed by atoms with Crippen molar-refractivity contribution in [3.05, 3.63) is 68.8 Å². The predicted octanol–water partition coefficient (Wildman–Crippen LogP) is 4.87. The topological polar surface area (TPSA) is 12.0 Å². The van der Waals surface area contributed by atoms with Gasteiger partial charge < -0.3 is 5.32 Å². The lowest BCUT2D eigenvalue weighted by molar-refractivity contribution is 0.419. The van der Waals surface area contributed by atoms with Crippen LogP contribution in [0.15, 0.2) is 48.5 Å². The van der Waals surface area contributed by atoms with Gasteiger partial charge in [-0.1, -0.05) is 42.8 Å². The van der Waals surface area contributed by atoms with Crippen molar-refractivity contribution in [1.82, 2.24) is 5.32 Å². The molecular formula is C18H20IN. The number of hydrogen-bond donors (Lipinski definition) is 1. The van der Waals surface area contributed by atoms with E-state index in [0.717, 1.165) is 5.92 Å². The van der Waals surface area contributed by atoms with Gasteiger partial charge in [0, 0.05) is 3.57 Å². The first-order valence-corrected chi connectivity index (χ1v) is 8.38. The summed E-state index contributed by atoms with van der Waals surface area (Å²) >= 11 is 2.35. The average molecular weight is 377 g/mol. The molecule has 0 saturated heterocycles. The van der Waals surface area contributed by atoms with Crippen LogP contribution in [0.4, 0.5) is 0 Å². The average Bonchev–Trinajstić information content (AvgIpc) is 2.42. The van der Waals surface area contributed by atoms with E-state index in [4.69, 9.17) is 0 Å². The molecule has 3 rings (SSSR count). The van der Waals surface area contributed by atoms with Crippen LogP contribution in [0.25, 0.3) is 0 Å². The Morgan fingerprint density at radius 1 is 0.950 bits per heavy atom. The van der Waals surface area contributed by atoms with E-state index < -0.39 is 0 Å². The molecule has 20 heavy (non-hydrogen) atoms. The summed E-state index contributed by atoms with van der Waals surface area (Å²) in [5, 5.41) is 3.43. The maximum absolute atomic E-state index is 3.43. The van der Waals surface area contributed by atoms with Gasteiger partial charge in [-0.25, -0.2) is 0 Å². The fourth-order valence-electron chi connectivity index (χ4n) is 2.88. The molecule has 1 saturated carbocycles. The van der Waals surface area contributed by atoms with Gasteiger partial charge in [0.25, 0.3) is 0 Å². The van der Waals surface area contributed by atoms with Gasteiger partial charge in [-0.05, 0) is 77.2 Å². The molecule has 0 aliphatic heterocycles. The van der Waals surface area contributed by atoms with Crippen LogP contribution in [0, 0.1) is 3.57 Å². The highest BCUT2D eigenvalue weighted by Gasteiger charge is 2.19. The zero-order valence-electron chi connectivity index (χ0n) is 11.8. The molecule has 0 aromatic heterocycles. The Balaban J connectivity index is 1.83. The molecule has 1 aliphatic rings. The molecule has 0 heterocycles. The minimum atomic E-state index is 0.280. The smallest absolute Gasteiger partial charge is 0.0574 e. The number of nitrogens with one attached hydrogen (secondary N) is 1. The van der Waals surface area contributed by atoms with E-state index in [9.17, 15) is 0 Å². The zero-order valence-corrected chi connectivity index (χ0v) is 13.9. The molecule has 1 fully saturated rings. The summed E-state index contributed by atoms with van der Waals surface area (Å²) in [6.45, 7) is 0. The molecule has 0 amide bonds. The first-order chi connectivity index (χ1) is 9.78. The van der Waals surface area contributed by atoms with Gasteiger partial charge in [0.05, 0.1) is 6.04 Å². The second kappa shape index (κ2) is 6.27. The van der Waals surface area contributed by atoms with Crippen LogP contribution in [-0.2, 0) is 0 Å². The van der Waals surface area contributed by atoms with Crippen LogP contribution in [0.3, 0.4) is 0 Å². The maximum Gasteiger partial charge on any atom is 0.0574 e.